The Kier molecular flexibility index (Phi) is 6.83. The Morgan fingerprint density at radius 2 is 1.88 bits per heavy atom. The number of hydrogen-bond donors (Lipinski definition) is 1. The first-order valence-corrected chi connectivity index (χ1v) is 11.2. The Bertz CT molecular complexity index is 1270. The first-order valence-electron chi connectivity index (χ1n) is 10.4. The lowest BCUT2D eigenvalue weighted by molar-refractivity contribution is -0.121. The Morgan fingerprint density at radius 1 is 1.06 bits per heavy atom. The number of para-hydroxylation sites is 1. The van der Waals surface area contributed by atoms with Crippen molar-refractivity contribution >= 4 is 40.0 Å². The van der Waals surface area contributed by atoms with Crippen molar-refractivity contribution in [3.8, 4) is 0 Å². The van der Waals surface area contributed by atoms with Crippen LogP contribution in [0.5, 0.6) is 0 Å². The summed E-state index contributed by atoms with van der Waals surface area (Å²) in [6.07, 6.45) is 2.84. The average molecular weight is 469 g/mol. The van der Waals surface area contributed by atoms with Crippen LogP contribution in [0.4, 0.5) is 4.39 Å². The van der Waals surface area contributed by atoms with Crippen molar-refractivity contribution in [2.45, 2.75) is 18.8 Å². The molecule has 0 saturated carbocycles. The molecule has 3 aromatic carbocycles. The van der Waals surface area contributed by atoms with Gasteiger partial charge in [-0.15, -0.1) is 0 Å². The van der Waals surface area contributed by atoms with Crippen LogP contribution in [0.3, 0.4) is 0 Å². The van der Waals surface area contributed by atoms with Gasteiger partial charge in [0, 0.05) is 53.1 Å². The minimum Gasteiger partial charge on any atom is -0.356 e. The number of rotatable bonds is 7. The highest BCUT2D eigenvalue weighted by atomic mass is 35.5. The molecule has 0 spiro atoms. The molecule has 0 aliphatic heterocycles. The summed E-state index contributed by atoms with van der Waals surface area (Å²) in [5, 5.41) is 5.20. The predicted octanol–water partition coefficient (Wildman–Crippen LogP) is 6.51. The summed E-state index contributed by atoms with van der Waals surface area (Å²) in [7, 11) is 1.98. The molecule has 0 aliphatic rings. The van der Waals surface area contributed by atoms with Gasteiger partial charge in [0.1, 0.15) is 5.82 Å². The molecule has 1 N–H and O–H groups in total. The standard InChI is InChI=1S/C26H23Cl2FN2O/c1-31-16-23(21-7-2-3-8-25(21)31)22(18-5-4-6-20(29)13-18)15-26(32)30-12-11-17-9-10-19(27)14-24(17)28/h2-10,13-14,16,22H,11-12,15H2,1H3,(H,30,32). The van der Waals surface area contributed by atoms with Crippen LogP contribution in [0, 0.1) is 5.82 Å². The van der Waals surface area contributed by atoms with Crippen LogP contribution in [0.15, 0.2) is 72.9 Å². The maximum atomic E-state index is 14.0. The molecule has 0 radical (unpaired) electrons. The second-order valence-corrected chi connectivity index (χ2v) is 8.70. The average Bonchev–Trinajstić information content (AvgIpc) is 3.10. The van der Waals surface area contributed by atoms with E-state index in [0.717, 1.165) is 27.6 Å². The van der Waals surface area contributed by atoms with E-state index in [1.54, 1.807) is 18.2 Å². The zero-order valence-corrected chi connectivity index (χ0v) is 19.1. The molecular weight excluding hydrogens is 446 g/mol. The smallest absolute Gasteiger partial charge is 0.220 e. The maximum absolute atomic E-state index is 14.0. The van der Waals surface area contributed by atoms with E-state index in [2.05, 4.69) is 5.32 Å². The normalized spacial score (nSPS) is 12.1. The van der Waals surface area contributed by atoms with E-state index in [1.807, 2.05) is 54.2 Å². The van der Waals surface area contributed by atoms with Gasteiger partial charge in [-0.25, -0.2) is 4.39 Å². The monoisotopic (exact) mass is 468 g/mol. The number of aromatic nitrogens is 1. The number of nitrogens with one attached hydrogen (secondary N) is 1. The third-order valence-electron chi connectivity index (χ3n) is 5.68. The maximum Gasteiger partial charge on any atom is 0.220 e. The quantitative estimate of drug-likeness (QED) is 0.329. The molecule has 0 saturated heterocycles. The van der Waals surface area contributed by atoms with E-state index < -0.39 is 0 Å². The Morgan fingerprint density at radius 3 is 2.66 bits per heavy atom. The van der Waals surface area contributed by atoms with Crippen LogP contribution >= 0.6 is 23.2 Å². The highest BCUT2D eigenvalue weighted by Gasteiger charge is 2.22. The molecule has 0 aliphatic carbocycles. The molecule has 6 heteroatoms. The highest BCUT2D eigenvalue weighted by Crippen LogP contribution is 2.34. The van der Waals surface area contributed by atoms with E-state index in [4.69, 9.17) is 23.2 Å². The molecule has 3 nitrogen and oxygen atoms in total. The molecule has 1 aromatic heterocycles. The lowest BCUT2D eigenvalue weighted by Gasteiger charge is -2.17. The van der Waals surface area contributed by atoms with Gasteiger partial charge in [0.05, 0.1) is 0 Å². The molecule has 4 aromatic rings. The Labute approximate surface area is 196 Å². The van der Waals surface area contributed by atoms with E-state index in [1.165, 1.54) is 12.1 Å². The van der Waals surface area contributed by atoms with Crippen molar-refractivity contribution in [1.29, 1.82) is 0 Å². The van der Waals surface area contributed by atoms with Crippen LogP contribution in [0.2, 0.25) is 10.0 Å². The third-order valence-corrected chi connectivity index (χ3v) is 6.26. The van der Waals surface area contributed by atoms with Gasteiger partial charge in [-0.3, -0.25) is 4.79 Å². The highest BCUT2D eigenvalue weighted by molar-refractivity contribution is 6.35. The van der Waals surface area contributed by atoms with Gasteiger partial charge < -0.3 is 9.88 Å². The summed E-state index contributed by atoms with van der Waals surface area (Å²) < 4.78 is 16.1. The summed E-state index contributed by atoms with van der Waals surface area (Å²) in [4.78, 5) is 12.9. The van der Waals surface area contributed by atoms with Gasteiger partial charge in [0.25, 0.3) is 0 Å². The number of carbonyl (C=O) groups excluding carboxylic acids is 1. The number of benzene rings is 3. The molecule has 4 rings (SSSR count). The summed E-state index contributed by atoms with van der Waals surface area (Å²) in [5.41, 5.74) is 3.77. The van der Waals surface area contributed by atoms with Gasteiger partial charge in [-0.05, 0) is 53.4 Å². The van der Waals surface area contributed by atoms with Crippen molar-refractivity contribution in [1.82, 2.24) is 9.88 Å². The van der Waals surface area contributed by atoms with Gasteiger partial charge in [-0.2, -0.15) is 0 Å². The molecule has 1 atom stereocenters. The fourth-order valence-electron chi connectivity index (χ4n) is 4.10. The van der Waals surface area contributed by atoms with Crippen molar-refractivity contribution < 1.29 is 9.18 Å². The second kappa shape index (κ2) is 9.76. The van der Waals surface area contributed by atoms with E-state index in [-0.39, 0.29) is 24.1 Å². The Hall–Kier alpha value is -2.82. The van der Waals surface area contributed by atoms with Crippen molar-refractivity contribution in [3.05, 3.63) is 105 Å². The molecule has 0 fully saturated rings. The Balaban J connectivity index is 1.55. The van der Waals surface area contributed by atoms with Crippen LogP contribution in [0.25, 0.3) is 10.9 Å². The van der Waals surface area contributed by atoms with Crippen LogP contribution in [-0.4, -0.2) is 17.0 Å². The number of fused-ring (bicyclic) bond motifs is 1. The summed E-state index contributed by atoms with van der Waals surface area (Å²) >= 11 is 12.2. The molecule has 1 heterocycles. The molecule has 1 unspecified atom stereocenters. The molecule has 164 valence electrons. The topological polar surface area (TPSA) is 34.0 Å². The number of nitrogens with zero attached hydrogens (tertiary/aromatic N) is 1. The van der Waals surface area contributed by atoms with Gasteiger partial charge in [-0.1, -0.05) is 59.6 Å². The van der Waals surface area contributed by atoms with Crippen molar-refractivity contribution in [3.63, 3.8) is 0 Å². The minimum atomic E-state index is -0.314. The lowest BCUT2D eigenvalue weighted by Crippen LogP contribution is -2.27. The minimum absolute atomic E-state index is 0.0997. The summed E-state index contributed by atoms with van der Waals surface area (Å²) in [6.45, 7) is 0.450. The van der Waals surface area contributed by atoms with Crippen LogP contribution < -0.4 is 5.32 Å². The number of carbonyl (C=O) groups is 1. The van der Waals surface area contributed by atoms with Crippen molar-refractivity contribution in [2.24, 2.45) is 7.05 Å². The molecule has 1 amide bonds. The van der Waals surface area contributed by atoms with Crippen LogP contribution in [-0.2, 0) is 18.3 Å². The molecular formula is C26H23Cl2FN2O. The largest absolute Gasteiger partial charge is 0.356 e. The van der Waals surface area contributed by atoms with Crippen molar-refractivity contribution in [2.75, 3.05) is 6.54 Å². The zero-order valence-electron chi connectivity index (χ0n) is 17.6. The van der Waals surface area contributed by atoms with E-state index >= 15 is 0 Å². The van der Waals surface area contributed by atoms with E-state index in [0.29, 0.717) is 23.0 Å². The first-order chi connectivity index (χ1) is 15.4. The number of aryl methyl sites for hydroxylation is 1. The van der Waals surface area contributed by atoms with Gasteiger partial charge >= 0.3 is 0 Å². The number of halogens is 3. The second-order valence-electron chi connectivity index (χ2n) is 7.86. The molecule has 32 heavy (non-hydrogen) atoms. The van der Waals surface area contributed by atoms with Gasteiger partial charge in [0.15, 0.2) is 0 Å². The number of amides is 1. The fraction of sp³-hybridized carbons (Fsp3) is 0.192. The number of hydrogen-bond acceptors (Lipinski definition) is 1. The zero-order chi connectivity index (χ0) is 22.7. The summed E-state index contributed by atoms with van der Waals surface area (Å²) in [6, 6.07) is 19.9. The molecule has 0 bridgehead atoms. The summed E-state index contributed by atoms with van der Waals surface area (Å²) in [5.74, 6) is -0.682. The van der Waals surface area contributed by atoms with Gasteiger partial charge in [0.2, 0.25) is 5.91 Å². The third kappa shape index (κ3) is 4.98. The lowest BCUT2D eigenvalue weighted by atomic mass is 9.88. The SMILES string of the molecule is Cn1cc(C(CC(=O)NCCc2ccc(Cl)cc2Cl)c2cccc(F)c2)c2ccccc21. The predicted molar refractivity (Wildman–Crippen MR) is 129 cm³/mol. The fourth-order valence-corrected chi connectivity index (χ4v) is 4.60. The first kappa shape index (κ1) is 22.4. The van der Waals surface area contributed by atoms with Crippen LogP contribution in [0.1, 0.15) is 29.0 Å². The van der Waals surface area contributed by atoms with E-state index in [9.17, 15) is 9.18 Å².